The molecule has 2 N–H and O–H groups in total. The molecule has 4 atom stereocenters. The van der Waals surface area contributed by atoms with Gasteiger partial charge in [0.15, 0.2) is 6.10 Å². The number of carbonyl (C=O) groups is 1. The summed E-state index contributed by atoms with van der Waals surface area (Å²) >= 11 is 0. The van der Waals surface area contributed by atoms with Crippen LogP contribution in [0.3, 0.4) is 0 Å². The minimum Gasteiger partial charge on any atom is -0.457 e. The summed E-state index contributed by atoms with van der Waals surface area (Å²) in [4.78, 5) is 12.4. The van der Waals surface area contributed by atoms with E-state index in [4.69, 9.17) is 18.9 Å². The SMILES string of the molecule is N#Cc1ccccc1S(=O)(=O)NC1COC2C(OC(=O)Nc3ccc(Oc4ccccc4)cc3)COC12. The third-order valence-corrected chi connectivity index (χ3v) is 7.50. The molecular formula is C26H23N3O7S. The monoisotopic (exact) mass is 521 g/mol. The third-order valence-electron chi connectivity index (χ3n) is 5.95. The molecule has 2 heterocycles. The lowest BCUT2D eigenvalue weighted by Crippen LogP contribution is -2.44. The maximum Gasteiger partial charge on any atom is 0.412 e. The zero-order chi connectivity index (χ0) is 25.8. The molecule has 2 aliphatic heterocycles. The lowest BCUT2D eigenvalue weighted by atomic mass is 10.1. The van der Waals surface area contributed by atoms with Crippen molar-refractivity contribution in [2.45, 2.75) is 29.2 Å². The number of para-hydroxylation sites is 1. The highest BCUT2D eigenvalue weighted by molar-refractivity contribution is 7.89. The largest absolute Gasteiger partial charge is 0.457 e. The molecule has 0 aromatic heterocycles. The third kappa shape index (κ3) is 5.58. The molecule has 2 aliphatic rings. The Balaban J connectivity index is 1.15. The van der Waals surface area contributed by atoms with Crippen LogP contribution in [0.2, 0.25) is 0 Å². The van der Waals surface area contributed by atoms with Crippen molar-refractivity contribution in [3.63, 3.8) is 0 Å². The molecule has 37 heavy (non-hydrogen) atoms. The van der Waals surface area contributed by atoms with Gasteiger partial charge >= 0.3 is 6.09 Å². The molecule has 0 spiro atoms. The summed E-state index contributed by atoms with van der Waals surface area (Å²) in [6, 6.07) is 23.2. The zero-order valence-electron chi connectivity index (χ0n) is 19.4. The van der Waals surface area contributed by atoms with E-state index in [0.717, 1.165) is 0 Å². The first-order chi connectivity index (χ1) is 17.9. The minimum atomic E-state index is -3.99. The first kappa shape index (κ1) is 24.7. The molecule has 2 fully saturated rings. The molecule has 4 unspecified atom stereocenters. The predicted octanol–water partition coefficient (Wildman–Crippen LogP) is 3.41. The van der Waals surface area contributed by atoms with Crippen molar-refractivity contribution >= 4 is 21.8 Å². The molecular weight excluding hydrogens is 498 g/mol. The van der Waals surface area contributed by atoms with Crippen LogP contribution in [-0.2, 0) is 24.2 Å². The second-order valence-corrected chi connectivity index (χ2v) is 10.1. The Morgan fingerprint density at radius 3 is 2.32 bits per heavy atom. The molecule has 0 radical (unpaired) electrons. The number of ether oxygens (including phenoxy) is 4. The fourth-order valence-electron chi connectivity index (χ4n) is 4.24. The number of sulfonamides is 1. The molecule has 0 aliphatic carbocycles. The smallest absolute Gasteiger partial charge is 0.412 e. The highest BCUT2D eigenvalue weighted by atomic mass is 32.2. The Kier molecular flexibility index (Phi) is 7.07. The van der Waals surface area contributed by atoms with Crippen LogP contribution >= 0.6 is 0 Å². The number of benzene rings is 3. The van der Waals surface area contributed by atoms with Gasteiger partial charge in [-0.25, -0.2) is 17.9 Å². The normalized spacial score (nSPS) is 22.6. The van der Waals surface area contributed by atoms with Gasteiger partial charge in [0.2, 0.25) is 10.0 Å². The summed E-state index contributed by atoms with van der Waals surface area (Å²) in [7, 11) is -3.99. The van der Waals surface area contributed by atoms with Crippen molar-refractivity contribution in [1.29, 1.82) is 5.26 Å². The van der Waals surface area contributed by atoms with Crippen LogP contribution in [0.5, 0.6) is 11.5 Å². The highest BCUT2D eigenvalue weighted by Gasteiger charge is 2.50. The number of rotatable bonds is 7. The number of nitriles is 1. The van der Waals surface area contributed by atoms with Gasteiger partial charge in [-0.05, 0) is 48.5 Å². The summed E-state index contributed by atoms with van der Waals surface area (Å²) in [6.07, 6.45) is -2.68. The fourth-order valence-corrected chi connectivity index (χ4v) is 5.63. The molecule has 2 saturated heterocycles. The van der Waals surface area contributed by atoms with E-state index in [1.807, 2.05) is 36.4 Å². The number of nitrogens with zero attached hydrogens (tertiary/aromatic N) is 1. The second kappa shape index (κ2) is 10.6. The maximum atomic E-state index is 12.9. The van der Waals surface area contributed by atoms with Gasteiger partial charge in [-0.15, -0.1) is 0 Å². The molecule has 190 valence electrons. The van der Waals surface area contributed by atoms with Crippen LogP contribution in [0.25, 0.3) is 0 Å². The Labute approximate surface area is 213 Å². The van der Waals surface area contributed by atoms with Crippen LogP contribution in [0.4, 0.5) is 10.5 Å². The number of amides is 1. The number of hydrogen-bond acceptors (Lipinski definition) is 8. The van der Waals surface area contributed by atoms with Crippen molar-refractivity contribution in [1.82, 2.24) is 4.72 Å². The van der Waals surface area contributed by atoms with Gasteiger partial charge in [-0.1, -0.05) is 30.3 Å². The van der Waals surface area contributed by atoms with E-state index < -0.39 is 40.5 Å². The van der Waals surface area contributed by atoms with Crippen LogP contribution in [-0.4, -0.2) is 52.1 Å². The van der Waals surface area contributed by atoms with Crippen molar-refractivity contribution in [2.24, 2.45) is 0 Å². The number of carbonyl (C=O) groups excluding carboxylic acids is 1. The maximum absolute atomic E-state index is 12.9. The molecule has 0 bridgehead atoms. The van der Waals surface area contributed by atoms with Crippen molar-refractivity contribution in [3.05, 3.63) is 84.4 Å². The van der Waals surface area contributed by atoms with Crippen molar-refractivity contribution in [2.75, 3.05) is 18.5 Å². The van der Waals surface area contributed by atoms with Crippen LogP contribution < -0.4 is 14.8 Å². The quantitative estimate of drug-likeness (QED) is 0.483. The van der Waals surface area contributed by atoms with Crippen LogP contribution in [0, 0.1) is 11.3 Å². The molecule has 3 aromatic carbocycles. The minimum absolute atomic E-state index is 0.0354. The zero-order valence-corrected chi connectivity index (χ0v) is 20.3. The van der Waals surface area contributed by atoms with Gasteiger partial charge < -0.3 is 18.9 Å². The number of anilines is 1. The summed E-state index contributed by atoms with van der Waals surface area (Å²) in [6.45, 7) is 0.0905. The molecule has 0 saturated carbocycles. The summed E-state index contributed by atoms with van der Waals surface area (Å²) in [5, 5.41) is 11.9. The van der Waals surface area contributed by atoms with Gasteiger partial charge in [0.1, 0.15) is 29.8 Å². The Bertz CT molecular complexity index is 1410. The van der Waals surface area contributed by atoms with E-state index >= 15 is 0 Å². The summed E-state index contributed by atoms with van der Waals surface area (Å²) in [5.41, 5.74) is 0.547. The van der Waals surface area contributed by atoms with Gasteiger partial charge in [0.05, 0.1) is 29.7 Å². The standard InChI is InChI=1S/C26H23N3O7S/c27-14-17-6-4-5-9-23(17)37(31,32)29-21-15-33-25-22(16-34-24(21)25)36-26(30)28-18-10-12-20(13-11-18)35-19-7-2-1-3-8-19/h1-13,21-22,24-25,29H,15-16H2,(H,28,30). The summed E-state index contributed by atoms with van der Waals surface area (Å²) < 4.78 is 51.0. The fraction of sp³-hybridized carbons (Fsp3) is 0.231. The molecule has 5 rings (SSSR count). The average molecular weight is 522 g/mol. The molecule has 11 heteroatoms. The van der Waals surface area contributed by atoms with Crippen LogP contribution in [0.15, 0.2) is 83.8 Å². The van der Waals surface area contributed by atoms with E-state index in [2.05, 4.69) is 10.0 Å². The highest BCUT2D eigenvalue weighted by Crippen LogP contribution is 2.30. The lowest BCUT2D eigenvalue weighted by Gasteiger charge is -2.18. The van der Waals surface area contributed by atoms with E-state index in [9.17, 15) is 18.5 Å². The molecule has 3 aromatic rings. The van der Waals surface area contributed by atoms with E-state index in [0.29, 0.717) is 17.2 Å². The summed E-state index contributed by atoms with van der Waals surface area (Å²) in [5.74, 6) is 1.31. The first-order valence-corrected chi connectivity index (χ1v) is 13.0. The number of hydrogen-bond donors (Lipinski definition) is 2. The van der Waals surface area contributed by atoms with Crippen LogP contribution in [0.1, 0.15) is 5.56 Å². The number of fused-ring (bicyclic) bond motifs is 1. The van der Waals surface area contributed by atoms with Gasteiger partial charge in [-0.3, -0.25) is 5.32 Å². The lowest BCUT2D eigenvalue weighted by molar-refractivity contribution is 0.00883. The topological polar surface area (TPSA) is 136 Å². The molecule has 10 nitrogen and oxygen atoms in total. The number of nitrogens with one attached hydrogen (secondary N) is 2. The van der Waals surface area contributed by atoms with Gasteiger partial charge in [0, 0.05) is 5.69 Å². The Morgan fingerprint density at radius 1 is 0.892 bits per heavy atom. The Morgan fingerprint density at radius 2 is 1.57 bits per heavy atom. The van der Waals surface area contributed by atoms with E-state index in [-0.39, 0.29) is 23.7 Å². The van der Waals surface area contributed by atoms with Gasteiger partial charge in [-0.2, -0.15) is 5.26 Å². The van der Waals surface area contributed by atoms with E-state index in [1.54, 1.807) is 36.4 Å². The predicted molar refractivity (Wildman–Crippen MR) is 132 cm³/mol. The first-order valence-electron chi connectivity index (χ1n) is 11.5. The second-order valence-electron chi connectivity index (χ2n) is 8.44. The van der Waals surface area contributed by atoms with Gasteiger partial charge in [0.25, 0.3) is 0 Å². The Hall–Kier alpha value is -3.95. The van der Waals surface area contributed by atoms with E-state index in [1.165, 1.54) is 12.1 Å². The van der Waals surface area contributed by atoms with Crippen molar-refractivity contribution < 1.29 is 32.2 Å². The average Bonchev–Trinajstić information content (AvgIpc) is 3.48. The molecule has 1 amide bonds. The van der Waals surface area contributed by atoms with Crippen molar-refractivity contribution in [3.8, 4) is 17.6 Å².